The number of para-hydroxylation sites is 1. The number of carbonyl (C=O) groups is 1. The summed E-state index contributed by atoms with van der Waals surface area (Å²) in [6.45, 7) is 3.90. The van der Waals surface area contributed by atoms with Gasteiger partial charge in [0.1, 0.15) is 18.6 Å². The summed E-state index contributed by atoms with van der Waals surface area (Å²) in [6.07, 6.45) is 7.92. The highest BCUT2D eigenvalue weighted by molar-refractivity contribution is 5.75. The summed E-state index contributed by atoms with van der Waals surface area (Å²) >= 11 is 0. The summed E-state index contributed by atoms with van der Waals surface area (Å²) in [5.74, 6) is 1.37. The normalized spacial score (nSPS) is 15.9. The van der Waals surface area contributed by atoms with Crippen molar-refractivity contribution < 1.29 is 9.53 Å². The Morgan fingerprint density at radius 2 is 2.15 bits per heavy atom. The third kappa shape index (κ3) is 5.89. The fraction of sp³-hybridized carbons (Fsp3) is 0.474. The van der Waals surface area contributed by atoms with Crippen molar-refractivity contribution in [2.75, 3.05) is 33.3 Å². The lowest BCUT2D eigenvalue weighted by molar-refractivity contribution is -0.122. The molecule has 1 aromatic heterocycles. The number of nitrogens with one attached hydrogen (secondary N) is 1. The highest BCUT2D eigenvalue weighted by Gasteiger charge is 2.19. The minimum Gasteiger partial charge on any atom is -0.496 e. The van der Waals surface area contributed by atoms with Crippen LogP contribution in [0.5, 0.6) is 5.75 Å². The van der Waals surface area contributed by atoms with Crippen LogP contribution in [-0.4, -0.2) is 64.3 Å². The number of methoxy groups -OCH3 is 1. The van der Waals surface area contributed by atoms with Crippen molar-refractivity contribution in [2.45, 2.75) is 19.4 Å². The number of benzene rings is 1. The van der Waals surface area contributed by atoms with Crippen molar-refractivity contribution in [3.05, 3.63) is 42.2 Å². The van der Waals surface area contributed by atoms with Crippen LogP contribution in [0.3, 0.4) is 0 Å². The number of amides is 1. The molecule has 1 aliphatic heterocycles. The minimum absolute atomic E-state index is 0.0514. The topological polar surface area (TPSA) is 85.2 Å². The largest absolute Gasteiger partial charge is 0.496 e. The molecular weight excluding hydrogens is 344 g/mol. The molecule has 144 valence electrons. The van der Waals surface area contributed by atoms with Crippen molar-refractivity contribution >= 4 is 12.0 Å². The molecule has 0 spiro atoms. The predicted molar refractivity (Wildman–Crippen MR) is 102 cm³/mol. The number of piperidine rings is 1. The van der Waals surface area contributed by atoms with E-state index in [9.17, 15) is 4.79 Å². The zero-order valence-corrected chi connectivity index (χ0v) is 15.6. The summed E-state index contributed by atoms with van der Waals surface area (Å²) in [5, 5.41) is 13.7. The summed E-state index contributed by atoms with van der Waals surface area (Å²) < 4.78 is 6.79. The zero-order valence-electron chi connectivity index (χ0n) is 15.6. The zero-order chi connectivity index (χ0) is 18.9. The van der Waals surface area contributed by atoms with E-state index >= 15 is 0 Å². The van der Waals surface area contributed by atoms with Crippen molar-refractivity contribution in [3.63, 3.8) is 0 Å². The average molecular weight is 370 g/mol. The predicted octanol–water partition coefficient (Wildman–Crippen LogP) is 1.22. The monoisotopic (exact) mass is 370 g/mol. The second-order valence-electron chi connectivity index (χ2n) is 6.70. The van der Waals surface area contributed by atoms with Crippen LogP contribution in [0, 0.1) is 5.92 Å². The molecule has 1 N–H and O–H groups in total. The Labute approximate surface area is 159 Å². The number of aromatic nitrogens is 4. The van der Waals surface area contributed by atoms with Gasteiger partial charge in [-0.1, -0.05) is 30.4 Å². The van der Waals surface area contributed by atoms with E-state index in [1.165, 1.54) is 11.0 Å². The molecule has 0 radical (unpaired) electrons. The molecule has 2 aromatic rings. The number of tetrazole rings is 1. The fourth-order valence-corrected chi connectivity index (χ4v) is 3.22. The Balaban J connectivity index is 1.35. The minimum atomic E-state index is -0.0514. The van der Waals surface area contributed by atoms with E-state index in [0.717, 1.165) is 43.8 Å². The van der Waals surface area contributed by atoms with Crippen LogP contribution >= 0.6 is 0 Å². The molecule has 0 atom stereocenters. The maximum absolute atomic E-state index is 11.9. The number of rotatable bonds is 8. The maximum atomic E-state index is 11.9. The molecule has 0 bridgehead atoms. The molecule has 0 saturated carbocycles. The van der Waals surface area contributed by atoms with Crippen LogP contribution in [0.25, 0.3) is 6.08 Å². The maximum Gasteiger partial charge on any atom is 0.241 e. The lowest BCUT2D eigenvalue weighted by Crippen LogP contribution is -2.39. The molecule has 1 amide bonds. The van der Waals surface area contributed by atoms with E-state index in [1.54, 1.807) is 7.11 Å². The highest BCUT2D eigenvalue weighted by atomic mass is 16.5. The second kappa shape index (κ2) is 9.82. The lowest BCUT2D eigenvalue weighted by atomic mass is 9.97. The molecule has 1 fully saturated rings. The Morgan fingerprint density at radius 1 is 1.33 bits per heavy atom. The lowest BCUT2D eigenvalue weighted by Gasteiger charge is -2.31. The SMILES string of the molecule is COc1ccccc1C=CCN1CCC(CNC(=O)Cn2cnnn2)CC1. The smallest absolute Gasteiger partial charge is 0.241 e. The second-order valence-corrected chi connectivity index (χ2v) is 6.70. The first kappa shape index (κ1) is 19.0. The van der Waals surface area contributed by atoms with Crippen LogP contribution in [0.15, 0.2) is 36.7 Å². The van der Waals surface area contributed by atoms with Crippen LogP contribution in [0.2, 0.25) is 0 Å². The van der Waals surface area contributed by atoms with Crippen molar-refractivity contribution in [2.24, 2.45) is 5.92 Å². The van der Waals surface area contributed by atoms with E-state index in [0.29, 0.717) is 12.5 Å². The first-order valence-electron chi connectivity index (χ1n) is 9.24. The van der Waals surface area contributed by atoms with Gasteiger partial charge in [0.05, 0.1) is 7.11 Å². The van der Waals surface area contributed by atoms with Crippen LogP contribution < -0.4 is 10.1 Å². The molecular formula is C19H26N6O2. The van der Waals surface area contributed by atoms with E-state index in [2.05, 4.69) is 44.0 Å². The first-order valence-corrected chi connectivity index (χ1v) is 9.24. The molecule has 1 aromatic carbocycles. The highest BCUT2D eigenvalue weighted by Crippen LogP contribution is 2.19. The van der Waals surface area contributed by atoms with Crippen LogP contribution in [0.1, 0.15) is 18.4 Å². The fourth-order valence-electron chi connectivity index (χ4n) is 3.22. The Bertz CT molecular complexity index is 738. The summed E-state index contributed by atoms with van der Waals surface area (Å²) in [4.78, 5) is 14.3. The molecule has 1 saturated heterocycles. The molecule has 8 heteroatoms. The van der Waals surface area contributed by atoms with Crippen LogP contribution in [-0.2, 0) is 11.3 Å². The Morgan fingerprint density at radius 3 is 2.89 bits per heavy atom. The van der Waals surface area contributed by atoms with Gasteiger partial charge in [-0.05, 0) is 48.3 Å². The number of ether oxygens (including phenoxy) is 1. The van der Waals surface area contributed by atoms with E-state index in [4.69, 9.17) is 4.74 Å². The summed E-state index contributed by atoms with van der Waals surface area (Å²) in [7, 11) is 1.69. The molecule has 27 heavy (non-hydrogen) atoms. The molecule has 8 nitrogen and oxygen atoms in total. The first-order chi connectivity index (χ1) is 13.2. The van der Waals surface area contributed by atoms with Crippen molar-refractivity contribution in [1.82, 2.24) is 30.4 Å². The van der Waals surface area contributed by atoms with Gasteiger partial charge < -0.3 is 10.1 Å². The molecule has 2 heterocycles. The van der Waals surface area contributed by atoms with Crippen LogP contribution in [0.4, 0.5) is 0 Å². The standard InChI is InChI=1S/C19H26N6O2/c1-27-18-7-3-2-5-17(18)6-4-10-24-11-8-16(9-12-24)13-20-19(26)14-25-15-21-22-23-25/h2-7,15-16H,8-14H2,1H3,(H,20,26). The van der Waals surface area contributed by atoms with Gasteiger partial charge in [0.25, 0.3) is 0 Å². The van der Waals surface area contributed by atoms with Gasteiger partial charge in [0.15, 0.2) is 0 Å². The van der Waals surface area contributed by atoms with E-state index in [-0.39, 0.29) is 12.5 Å². The van der Waals surface area contributed by atoms with E-state index in [1.807, 2.05) is 18.2 Å². The van der Waals surface area contributed by atoms with Gasteiger partial charge in [0, 0.05) is 18.7 Å². The van der Waals surface area contributed by atoms with Gasteiger partial charge >= 0.3 is 0 Å². The molecule has 0 unspecified atom stereocenters. The quantitative estimate of drug-likeness (QED) is 0.752. The molecule has 0 aliphatic carbocycles. The van der Waals surface area contributed by atoms with E-state index < -0.39 is 0 Å². The number of carbonyl (C=O) groups excluding carboxylic acids is 1. The van der Waals surface area contributed by atoms with Gasteiger partial charge in [-0.2, -0.15) is 0 Å². The van der Waals surface area contributed by atoms with Gasteiger partial charge in [-0.25, -0.2) is 4.68 Å². The number of hydrogen-bond donors (Lipinski definition) is 1. The molecule has 3 rings (SSSR count). The van der Waals surface area contributed by atoms with Gasteiger partial charge in [0.2, 0.25) is 5.91 Å². The number of hydrogen-bond acceptors (Lipinski definition) is 6. The van der Waals surface area contributed by atoms with Crippen molar-refractivity contribution in [1.29, 1.82) is 0 Å². The number of likely N-dealkylation sites (tertiary alicyclic amines) is 1. The third-order valence-electron chi connectivity index (χ3n) is 4.79. The number of nitrogens with zero attached hydrogens (tertiary/aromatic N) is 5. The Hall–Kier alpha value is -2.74. The average Bonchev–Trinajstić information content (AvgIpc) is 3.21. The van der Waals surface area contributed by atoms with Gasteiger partial charge in [-0.3, -0.25) is 9.69 Å². The van der Waals surface area contributed by atoms with Gasteiger partial charge in [-0.15, -0.1) is 5.10 Å². The van der Waals surface area contributed by atoms with Crippen molar-refractivity contribution in [3.8, 4) is 5.75 Å². The molecule has 1 aliphatic rings. The summed E-state index contributed by atoms with van der Waals surface area (Å²) in [5.41, 5.74) is 1.10. The Kier molecular flexibility index (Phi) is 6.92. The third-order valence-corrected chi connectivity index (χ3v) is 4.79. The summed E-state index contributed by atoms with van der Waals surface area (Å²) in [6, 6.07) is 8.02.